The largest absolute Gasteiger partial charge is 0.188 e. The second kappa shape index (κ2) is 7.96. The summed E-state index contributed by atoms with van der Waals surface area (Å²) in [5, 5.41) is 3.39. The molecule has 0 aromatic heterocycles. The summed E-state index contributed by atoms with van der Waals surface area (Å²) in [7, 11) is 0. The van der Waals surface area contributed by atoms with Gasteiger partial charge in [-0.1, -0.05) is 18.5 Å². The Morgan fingerprint density at radius 2 is 1.82 bits per heavy atom. The Balaban J connectivity index is 1.39. The Bertz CT molecular complexity index is 567. The van der Waals surface area contributed by atoms with Crippen molar-refractivity contribution in [2.45, 2.75) is 109 Å². The van der Waals surface area contributed by atoms with Crippen LogP contribution in [-0.2, 0) is 4.94 Å². The van der Waals surface area contributed by atoms with Crippen LogP contribution in [0.2, 0.25) is 0 Å². The van der Waals surface area contributed by atoms with Gasteiger partial charge in [0.2, 0.25) is 0 Å². The summed E-state index contributed by atoms with van der Waals surface area (Å²) in [5.41, 5.74) is -0.138. The van der Waals surface area contributed by atoms with Crippen LogP contribution >= 0.6 is 0 Å². The first-order valence-electron chi connectivity index (χ1n) is 12.0. The lowest BCUT2D eigenvalue weighted by molar-refractivity contribution is -0.225. The van der Waals surface area contributed by atoms with Crippen molar-refractivity contribution in [3.63, 3.8) is 0 Å². The molecular weight excluding hydrogens is 353 g/mol. The molecule has 0 radical (unpaired) electrons. The van der Waals surface area contributed by atoms with Crippen molar-refractivity contribution in [1.29, 1.82) is 0 Å². The molecule has 3 nitrogen and oxygen atoms in total. The molecule has 0 saturated heterocycles. The van der Waals surface area contributed by atoms with Crippen molar-refractivity contribution < 1.29 is 9.47 Å². The zero-order valence-corrected chi connectivity index (χ0v) is 18.2. The van der Waals surface area contributed by atoms with Crippen LogP contribution in [0.4, 0.5) is 4.53 Å². The molecule has 0 aromatic carbocycles. The minimum Gasteiger partial charge on any atom is -0.188 e. The van der Waals surface area contributed by atoms with Crippen molar-refractivity contribution >= 4 is 0 Å². The van der Waals surface area contributed by atoms with Crippen molar-refractivity contribution in [3.8, 4) is 0 Å². The Morgan fingerprint density at radius 1 is 1.04 bits per heavy atom. The molecule has 4 aliphatic carbocycles. The van der Waals surface area contributed by atoms with E-state index >= 15 is 0 Å². The molecule has 4 saturated carbocycles. The van der Waals surface area contributed by atoms with Crippen LogP contribution in [0.25, 0.3) is 0 Å². The van der Waals surface area contributed by atoms with Crippen LogP contribution in [0.15, 0.2) is 5.18 Å². The van der Waals surface area contributed by atoms with Gasteiger partial charge in [-0.25, -0.2) is 0 Å². The molecular formula is C24H40FNO2. The Kier molecular flexibility index (Phi) is 5.90. The first kappa shape index (κ1) is 20.8. The summed E-state index contributed by atoms with van der Waals surface area (Å²) in [5.74, 6) is 5.15. The Labute approximate surface area is 170 Å². The monoisotopic (exact) mass is 393 g/mol. The zero-order valence-electron chi connectivity index (χ0n) is 18.2. The van der Waals surface area contributed by atoms with Crippen molar-refractivity contribution in [2.24, 2.45) is 46.1 Å². The molecule has 0 heterocycles. The number of halogens is 1. The van der Waals surface area contributed by atoms with Crippen LogP contribution in [-0.4, -0.2) is 11.6 Å². The molecule has 0 amide bonds. The maximum absolute atomic E-state index is 12.7. The maximum Gasteiger partial charge on any atom is 0.103 e. The summed E-state index contributed by atoms with van der Waals surface area (Å²) < 4.78 is 12.7. The molecule has 8 atom stereocenters. The third kappa shape index (κ3) is 3.68. The predicted octanol–water partition coefficient (Wildman–Crippen LogP) is 7.24. The predicted molar refractivity (Wildman–Crippen MR) is 110 cm³/mol. The van der Waals surface area contributed by atoms with Gasteiger partial charge in [-0.2, -0.15) is 9.85 Å². The van der Waals surface area contributed by atoms with E-state index < -0.39 is 5.60 Å². The quantitative estimate of drug-likeness (QED) is 0.446. The molecule has 4 heteroatoms. The first-order chi connectivity index (χ1) is 13.4. The zero-order chi connectivity index (χ0) is 19.9. The van der Waals surface area contributed by atoms with Gasteiger partial charge < -0.3 is 0 Å². The Hall–Kier alpha value is -0.510. The lowest BCUT2D eigenvalue weighted by Crippen LogP contribution is -2.48. The SMILES string of the molecule is CC(C)(CCCC1CCC2C3CCC4CC(N=O)CCC4C3CCC12C)OF. The lowest BCUT2D eigenvalue weighted by atomic mass is 9.49. The van der Waals surface area contributed by atoms with E-state index in [4.69, 9.17) is 0 Å². The highest BCUT2D eigenvalue weighted by molar-refractivity contribution is 5.06. The van der Waals surface area contributed by atoms with E-state index in [2.05, 4.69) is 17.0 Å². The number of nitrogens with zero attached hydrogens (tertiary/aromatic N) is 1. The highest BCUT2D eigenvalue weighted by atomic mass is 19.3. The summed E-state index contributed by atoms with van der Waals surface area (Å²) in [4.78, 5) is 15.2. The summed E-state index contributed by atoms with van der Waals surface area (Å²) in [6.07, 6.45) is 14.7. The molecule has 4 aliphatic rings. The lowest BCUT2D eigenvalue weighted by Gasteiger charge is -2.56. The van der Waals surface area contributed by atoms with Crippen LogP contribution in [0, 0.1) is 45.8 Å². The maximum atomic E-state index is 12.7. The minimum atomic E-state index is -0.635. The van der Waals surface area contributed by atoms with Crippen LogP contribution < -0.4 is 0 Å². The number of hydrogen-bond donors (Lipinski definition) is 0. The average molecular weight is 394 g/mol. The fourth-order valence-corrected chi connectivity index (χ4v) is 8.32. The van der Waals surface area contributed by atoms with Gasteiger partial charge in [0.25, 0.3) is 0 Å². The van der Waals surface area contributed by atoms with Crippen LogP contribution in [0.5, 0.6) is 0 Å². The van der Waals surface area contributed by atoms with Gasteiger partial charge in [0.1, 0.15) is 5.60 Å². The fourth-order valence-electron chi connectivity index (χ4n) is 8.32. The van der Waals surface area contributed by atoms with Gasteiger partial charge in [-0.3, -0.25) is 0 Å². The molecule has 4 rings (SSSR count). The Morgan fingerprint density at radius 3 is 2.57 bits per heavy atom. The van der Waals surface area contributed by atoms with E-state index in [0.29, 0.717) is 5.41 Å². The summed E-state index contributed by atoms with van der Waals surface area (Å²) in [6, 6.07) is 0.0973. The van der Waals surface area contributed by atoms with E-state index in [1.54, 1.807) is 0 Å². The molecule has 28 heavy (non-hydrogen) atoms. The van der Waals surface area contributed by atoms with Crippen LogP contribution in [0.3, 0.4) is 0 Å². The van der Waals surface area contributed by atoms with E-state index in [-0.39, 0.29) is 6.04 Å². The van der Waals surface area contributed by atoms with Crippen LogP contribution in [0.1, 0.15) is 97.8 Å². The topological polar surface area (TPSA) is 38.7 Å². The van der Waals surface area contributed by atoms with Gasteiger partial charge in [0.15, 0.2) is 0 Å². The van der Waals surface area contributed by atoms with Crippen molar-refractivity contribution in [1.82, 2.24) is 0 Å². The number of nitroso groups, excluding NO2 is 1. The van der Waals surface area contributed by atoms with E-state index in [0.717, 1.165) is 61.2 Å². The van der Waals surface area contributed by atoms with Gasteiger partial charge in [-0.15, -0.1) is 0 Å². The summed E-state index contributed by atoms with van der Waals surface area (Å²) >= 11 is 0. The average Bonchev–Trinajstić information content (AvgIpc) is 3.03. The fraction of sp³-hybridized carbons (Fsp3) is 1.00. The van der Waals surface area contributed by atoms with Crippen molar-refractivity contribution in [2.75, 3.05) is 0 Å². The minimum absolute atomic E-state index is 0.0973. The summed E-state index contributed by atoms with van der Waals surface area (Å²) in [6.45, 7) is 6.29. The van der Waals surface area contributed by atoms with E-state index in [1.165, 1.54) is 51.4 Å². The molecule has 0 spiro atoms. The number of fused-ring (bicyclic) bond motifs is 5. The highest BCUT2D eigenvalue weighted by Crippen LogP contribution is 2.65. The van der Waals surface area contributed by atoms with E-state index in [9.17, 15) is 9.43 Å². The number of hydrogen-bond acceptors (Lipinski definition) is 3. The molecule has 8 unspecified atom stereocenters. The first-order valence-corrected chi connectivity index (χ1v) is 12.0. The third-order valence-electron chi connectivity index (χ3n) is 9.81. The van der Waals surface area contributed by atoms with Gasteiger partial charge in [0.05, 0.1) is 6.04 Å². The van der Waals surface area contributed by atoms with Crippen molar-refractivity contribution in [3.05, 3.63) is 4.91 Å². The van der Waals surface area contributed by atoms with Gasteiger partial charge in [-0.05, 0) is 130 Å². The molecule has 0 bridgehead atoms. The van der Waals surface area contributed by atoms with Gasteiger partial charge in [0, 0.05) is 0 Å². The molecule has 0 aliphatic heterocycles. The molecule has 4 fully saturated rings. The molecule has 0 aromatic rings. The standard InChI is InChI=1S/C24H40FNO2/c1-23(2,28-25)13-4-5-17-7-11-22-21-9-6-16-15-18(26-27)8-10-19(16)20(21)12-14-24(17,22)3/h16-22H,4-15H2,1-3H3. The number of rotatable bonds is 6. The van der Waals surface area contributed by atoms with Gasteiger partial charge >= 0.3 is 0 Å². The second-order valence-corrected chi connectivity index (χ2v) is 11.6. The third-order valence-corrected chi connectivity index (χ3v) is 9.81. The molecule has 160 valence electrons. The normalized spacial score (nSPS) is 45.8. The second-order valence-electron chi connectivity index (χ2n) is 11.6. The van der Waals surface area contributed by atoms with E-state index in [1.807, 2.05) is 13.8 Å². The smallest absolute Gasteiger partial charge is 0.103 e. The highest BCUT2D eigenvalue weighted by Gasteiger charge is 2.56. The molecule has 0 N–H and O–H groups in total.